The molecule has 80 valence electrons. The number of aliphatic hydroxyl groups is 1. The van der Waals surface area contributed by atoms with Crippen LogP contribution in [0.4, 0.5) is 3.89 Å². The van der Waals surface area contributed by atoms with Gasteiger partial charge in [0, 0.05) is 12.0 Å². The molecule has 0 spiro atoms. The van der Waals surface area contributed by atoms with Gasteiger partial charge >= 0.3 is 10.2 Å². The van der Waals surface area contributed by atoms with E-state index < -0.39 is 10.2 Å². The maximum Gasteiger partial charge on any atom is 0.332 e. The van der Waals surface area contributed by atoms with E-state index in [1.807, 2.05) is 0 Å². The summed E-state index contributed by atoms with van der Waals surface area (Å²) >= 11 is 0. The van der Waals surface area contributed by atoms with Crippen LogP contribution in [0.1, 0.15) is 12.0 Å². The molecular weight excluding hydrogens is 219 g/mol. The second-order valence-corrected chi connectivity index (χ2v) is 4.08. The lowest BCUT2D eigenvalue weighted by molar-refractivity contribution is 0.305. The molecule has 0 saturated heterocycles. The Balaban J connectivity index is 2.88. The van der Waals surface area contributed by atoms with Crippen LogP contribution >= 0.6 is 0 Å². The van der Waals surface area contributed by atoms with E-state index in [-0.39, 0.29) is 11.5 Å². The van der Waals surface area contributed by atoms with Gasteiger partial charge in [-0.2, -0.15) is 8.42 Å². The molecule has 0 aromatic heterocycles. The first kappa shape index (κ1) is 11.7. The molecule has 3 nitrogen and oxygen atoms in total. The molecule has 0 radical (unpaired) electrons. The highest BCUT2D eigenvalue weighted by Crippen LogP contribution is 2.12. The molecule has 1 N–H and O–H groups in total. The number of benzene rings is 1. The molecule has 15 heavy (non-hydrogen) atoms. The van der Waals surface area contributed by atoms with Gasteiger partial charge in [-0.05, 0) is 24.3 Å². The monoisotopic (exact) mass is 228 g/mol. The Morgan fingerprint density at radius 1 is 1.27 bits per heavy atom. The van der Waals surface area contributed by atoms with Crippen LogP contribution in [0.3, 0.4) is 0 Å². The first-order valence-electron chi connectivity index (χ1n) is 4.18. The van der Waals surface area contributed by atoms with Gasteiger partial charge in [-0.25, -0.2) is 0 Å². The summed E-state index contributed by atoms with van der Waals surface area (Å²) in [5.74, 6) is 5.36. The van der Waals surface area contributed by atoms with Crippen LogP contribution in [0.5, 0.6) is 0 Å². The fraction of sp³-hybridized carbons (Fsp3) is 0.200. The topological polar surface area (TPSA) is 54.4 Å². The molecule has 1 rings (SSSR count). The normalized spacial score (nSPS) is 10.5. The highest BCUT2D eigenvalue weighted by molar-refractivity contribution is 7.86. The van der Waals surface area contributed by atoms with Gasteiger partial charge in [0.05, 0.1) is 11.5 Å². The zero-order valence-electron chi connectivity index (χ0n) is 7.77. The average Bonchev–Trinajstić information content (AvgIpc) is 2.18. The molecule has 0 aliphatic heterocycles. The van der Waals surface area contributed by atoms with Gasteiger partial charge in [0.15, 0.2) is 0 Å². The van der Waals surface area contributed by atoms with Crippen LogP contribution in [0.15, 0.2) is 29.2 Å². The summed E-state index contributed by atoms with van der Waals surface area (Å²) in [4.78, 5) is -0.379. The highest BCUT2D eigenvalue weighted by Gasteiger charge is 2.09. The number of hydrogen-bond acceptors (Lipinski definition) is 3. The van der Waals surface area contributed by atoms with E-state index in [2.05, 4.69) is 11.8 Å². The number of aliphatic hydroxyl groups excluding tert-OH is 1. The van der Waals surface area contributed by atoms with Crippen molar-refractivity contribution in [2.24, 2.45) is 0 Å². The van der Waals surface area contributed by atoms with Crippen LogP contribution in [-0.4, -0.2) is 20.1 Å². The van der Waals surface area contributed by atoms with Gasteiger partial charge in [0.1, 0.15) is 0 Å². The Labute approximate surface area is 87.8 Å². The number of hydrogen-bond donors (Lipinski definition) is 1. The van der Waals surface area contributed by atoms with Crippen molar-refractivity contribution < 1.29 is 17.4 Å². The van der Waals surface area contributed by atoms with Crippen molar-refractivity contribution >= 4 is 10.2 Å². The lowest BCUT2D eigenvalue weighted by atomic mass is 10.2. The van der Waals surface area contributed by atoms with Gasteiger partial charge in [-0.1, -0.05) is 11.8 Å². The van der Waals surface area contributed by atoms with Crippen molar-refractivity contribution in [2.45, 2.75) is 11.3 Å². The number of rotatable bonds is 2. The summed E-state index contributed by atoms with van der Waals surface area (Å²) in [6.07, 6.45) is 0.350. The summed E-state index contributed by atoms with van der Waals surface area (Å²) in [5, 5.41) is 8.46. The van der Waals surface area contributed by atoms with E-state index in [1.165, 1.54) is 12.1 Å². The fourth-order valence-electron chi connectivity index (χ4n) is 0.921. The Bertz CT molecular complexity index is 480. The predicted octanol–water partition coefficient (Wildman–Crippen LogP) is 1.08. The predicted molar refractivity (Wildman–Crippen MR) is 53.3 cm³/mol. The van der Waals surface area contributed by atoms with E-state index in [4.69, 9.17) is 5.11 Å². The van der Waals surface area contributed by atoms with Crippen LogP contribution in [0.2, 0.25) is 0 Å². The lowest BCUT2D eigenvalue weighted by Gasteiger charge is -1.94. The minimum atomic E-state index is -4.63. The van der Waals surface area contributed by atoms with Crippen molar-refractivity contribution in [3.63, 3.8) is 0 Å². The largest absolute Gasteiger partial charge is 0.395 e. The molecule has 0 aliphatic carbocycles. The zero-order chi connectivity index (χ0) is 11.3. The second-order valence-electron chi connectivity index (χ2n) is 2.74. The van der Waals surface area contributed by atoms with Crippen LogP contribution in [0.25, 0.3) is 0 Å². The average molecular weight is 228 g/mol. The Morgan fingerprint density at radius 2 is 1.87 bits per heavy atom. The molecule has 1 aromatic rings. The Kier molecular flexibility index (Phi) is 3.83. The Hall–Kier alpha value is -1.38. The highest BCUT2D eigenvalue weighted by atomic mass is 32.3. The minimum Gasteiger partial charge on any atom is -0.395 e. The molecule has 1 aromatic carbocycles. The molecule has 0 heterocycles. The first-order chi connectivity index (χ1) is 7.04. The van der Waals surface area contributed by atoms with E-state index in [1.54, 1.807) is 0 Å². The van der Waals surface area contributed by atoms with Crippen molar-refractivity contribution in [3.05, 3.63) is 29.8 Å². The summed E-state index contributed by atoms with van der Waals surface area (Å²) in [7, 11) is -4.63. The van der Waals surface area contributed by atoms with E-state index in [9.17, 15) is 12.3 Å². The fourth-order valence-corrected chi connectivity index (χ4v) is 1.38. The first-order valence-corrected chi connectivity index (χ1v) is 5.57. The molecule has 5 heteroatoms. The smallest absolute Gasteiger partial charge is 0.332 e. The maximum atomic E-state index is 12.5. The van der Waals surface area contributed by atoms with Crippen molar-refractivity contribution in [1.82, 2.24) is 0 Å². The van der Waals surface area contributed by atoms with Gasteiger partial charge in [0.2, 0.25) is 0 Å². The molecular formula is C10H9FO3S. The summed E-state index contributed by atoms with van der Waals surface area (Å²) in [5.41, 5.74) is 0.579. The summed E-state index contributed by atoms with van der Waals surface area (Å²) in [6.45, 7) is -0.0239. The van der Waals surface area contributed by atoms with Gasteiger partial charge in [0.25, 0.3) is 0 Å². The van der Waals surface area contributed by atoms with E-state index in [0.29, 0.717) is 12.0 Å². The SMILES string of the molecule is O=S(=O)(F)c1ccc(C#CCCO)cc1. The van der Waals surface area contributed by atoms with Crippen molar-refractivity contribution in [3.8, 4) is 11.8 Å². The minimum absolute atomic E-state index is 0.0239. The molecule has 0 amide bonds. The molecule has 0 fully saturated rings. The van der Waals surface area contributed by atoms with Gasteiger partial charge in [-0.15, -0.1) is 3.89 Å². The third-order valence-electron chi connectivity index (χ3n) is 1.61. The number of halogens is 1. The maximum absolute atomic E-state index is 12.5. The van der Waals surface area contributed by atoms with E-state index >= 15 is 0 Å². The molecule has 0 atom stereocenters. The third-order valence-corrected chi connectivity index (χ3v) is 2.44. The summed E-state index contributed by atoms with van der Waals surface area (Å²) < 4.78 is 33.4. The Morgan fingerprint density at radius 3 is 2.33 bits per heavy atom. The van der Waals surface area contributed by atoms with Crippen LogP contribution < -0.4 is 0 Å². The van der Waals surface area contributed by atoms with Gasteiger partial charge < -0.3 is 5.11 Å². The lowest BCUT2D eigenvalue weighted by Crippen LogP contribution is -1.91. The van der Waals surface area contributed by atoms with Crippen molar-refractivity contribution in [1.29, 1.82) is 0 Å². The molecule has 0 unspecified atom stereocenters. The third kappa shape index (κ3) is 3.70. The quantitative estimate of drug-likeness (QED) is 0.608. The second kappa shape index (κ2) is 4.91. The molecule has 0 aliphatic rings. The van der Waals surface area contributed by atoms with Gasteiger partial charge in [-0.3, -0.25) is 0 Å². The molecule has 0 saturated carbocycles. The zero-order valence-corrected chi connectivity index (χ0v) is 8.59. The standard InChI is InChI=1S/C10H9FO3S/c11-15(13,14)10-6-4-9(5-7-10)3-1-2-8-12/h4-7,12H,2,8H2. The van der Waals surface area contributed by atoms with E-state index in [0.717, 1.165) is 12.1 Å². The van der Waals surface area contributed by atoms with Crippen LogP contribution in [0, 0.1) is 11.8 Å². The van der Waals surface area contributed by atoms with Crippen molar-refractivity contribution in [2.75, 3.05) is 6.61 Å². The van der Waals surface area contributed by atoms with Crippen LogP contribution in [-0.2, 0) is 10.2 Å². The summed E-state index contributed by atoms with van der Waals surface area (Å²) in [6, 6.07) is 5.13. The molecule has 0 bridgehead atoms.